The number of hydrogen-bond acceptors (Lipinski definition) is 3. The second-order valence-corrected chi connectivity index (χ2v) is 6.21. The molecule has 6 heteroatoms. The van der Waals surface area contributed by atoms with E-state index in [0.717, 1.165) is 28.3 Å². The van der Waals surface area contributed by atoms with Gasteiger partial charge in [0.25, 0.3) is 0 Å². The van der Waals surface area contributed by atoms with Crippen LogP contribution in [0.5, 0.6) is 11.5 Å². The topological polar surface area (TPSA) is 42.5 Å². The van der Waals surface area contributed by atoms with E-state index in [1.54, 1.807) is 14.2 Å². The van der Waals surface area contributed by atoms with Gasteiger partial charge < -0.3 is 20.1 Å². The third-order valence-electron chi connectivity index (χ3n) is 3.68. The predicted octanol–water partition coefficient (Wildman–Crippen LogP) is 4.71. The third-order valence-corrected chi connectivity index (χ3v) is 4.31. The van der Waals surface area contributed by atoms with Gasteiger partial charge >= 0.3 is 0 Å². The first kappa shape index (κ1) is 18.4. The van der Waals surface area contributed by atoms with Gasteiger partial charge in [-0.25, -0.2) is 0 Å². The van der Waals surface area contributed by atoms with Crippen molar-refractivity contribution in [2.24, 2.45) is 0 Å². The summed E-state index contributed by atoms with van der Waals surface area (Å²) in [6, 6.07) is 11.3. The molecule has 0 saturated carbocycles. The van der Waals surface area contributed by atoms with Gasteiger partial charge in [-0.1, -0.05) is 17.7 Å². The molecule has 0 saturated heterocycles. The molecule has 4 nitrogen and oxygen atoms in total. The molecule has 1 atom stereocenters. The Morgan fingerprint density at radius 2 is 1.88 bits per heavy atom. The number of aryl methyl sites for hydroxylation is 1. The Balaban J connectivity index is 2.09. The number of ether oxygens (including phenoxy) is 2. The van der Waals surface area contributed by atoms with E-state index in [-0.39, 0.29) is 6.04 Å². The van der Waals surface area contributed by atoms with Gasteiger partial charge in [0, 0.05) is 16.3 Å². The van der Waals surface area contributed by atoms with Crippen LogP contribution in [0.1, 0.15) is 24.1 Å². The molecule has 0 aliphatic heterocycles. The molecule has 0 amide bonds. The van der Waals surface area contributed by atoms with Crippen molar-refractivity contribution in [2.75, 3.05) is 19.5 Å². The highest BCUT2D eigenvalue weighted by molar-refractivity contribution is 7.80. The van der Waals surface area contributed by atoms with Gasteiger partial charge in [-0.3, -0.25) is 0 Å². The minimum Gasteiger partial charge on any atom is -0.497 e. The molecule has 2 aromatic rings. The summed E-state index contributed by atoms with van der Waals surface area (Å²) < 4.78 is 10.7. The molecule has 0 unspecified atom stereocenters. The summed E-state index contributed by atoms with van der Waals surface area (Å²) >= 11 is 11.5. The standard InChI is InChI=1S/C18H21ClN2O2S/c1-11-5-6-13(9-16(11)19)21-18(24)20-12(2)15-10-14(22-3)7-8-17(15)23-4/h5-10,12H,1-4H3,(H2,20,21,24)/t12-/m1/s1. The van der Waals surface area contributed by atoms with E-state index < -0.39 is 0 Å². The van der Waals surface area contributed by atoms with Crippen LogP contribution in [0.2, 0.25) is 5.02 Å². The Morgan fingerprint density at radius 3 is 2.50 bits per heavy atom. The molecule has 0 spiro atoms. The lowest BCUT2D eigenvalue weighted by molar-refractivity contribution is 0.395. The zero-order valence-electron chi connectivity index (χ0n) is 14.1. The fourth-order valence-corrected chi connectivity index (χ4v) is 2.77. The second kappa shape index (κ2) is 8.22. The summed E-state index contributed by atoms with van der Waals surface area (Å²) in [7, 11) is 3.28. The summed E-state index contributed by atoms with van der Waals surface area (Å²) in [5.74, 6) is 1.54. The first-order valence-electron chi connectivity index (χ1n) is 7.50. The smallest absolute Gasteiger partial charge is 0.171 e. The Morgan fingerprint density at radius 1 is 1.12 bits per heavy atom. The molecule has 0 aromatic heterocycles. The van der Waals surface area contributed by atoms with Crippen molar-refractivity contribution in [3.05, 3.63) is 52.5 Å². The van der Waals surface area contributed by atoms with Crippen molar-refractivity contribution < 1.29 is 9.47 Å². The van der Waals surface area contributed by atoms with Crippen molar-refractivity contribution in [3.63, 3.8) is 0 Å². The minimum atomic E-state index is -0.0593. The van der Waals surface area contributed by atoms with Crippen LogP contribution in [0.25, 0.3) is 0 Å². The summed E-state index contributed by atoms with van der Waals surface area (Å²) in [6.07, 6.45) is 0. The van der Waals surface area contributed by atoms with Crippen LogP contribution in [0.4, 0.5) is 5.69 Å². The first-order valence-corrected chi connectivity index (χ1v) is 8.28. The molecule has 0 fully saturated rings. The predicted molar refractivity (Wildman–Crippen MR) is 104 cm³/mol. The molecule has 0 bridgehead atoms. The van der Waals surface area contributed by atoms with Crippen LogP contribution in [-0.2, 0) is 0 Å². The van der Waals surface area contributed by atoms with E-state index in [2.05, 4.69) is 10.6 Å². The molecule has 2 rings (SSSR count). The van der Waals surface area contributed by atoms with Crippen LogP contribution in [0.3, 0.4) is 0 Å². The largest absolute Gasteiger partial charge is 0.497 e. The number of halogens is 1. The monoisotopic (exact) mass is 364 g/mol. The van der Waals surface area contributed by atoms with Crippen molar-refractivity contribution in [1.29, 1.82) is 0 Å². The van der Waals surface area contributed by atoms with E-state index in [9.17, 15) is 0 Å². The van der Waals surface area contributed by atoms with Crippen LogP contribution in [-0.4, -0.2) is 19.3 Å². The minimum absolute atomic E-state index is 0.0593. The van der Waals surface area contributed by atoms with E-state index in [1.807, 2.05) is 50.2 Å². The number of anilines is 1. The zero-order chi connectivity index (χ0) is 17.7. The summed E-state index contributed by atoms with van der Waals surface area (Å²) in [5.41, 5.74) is 2.83. The Kier molecular flexibility index (Phi) is 6.29. The van der Waals surface area contributed by atoms with Gasteiger partial charge in [0.15, 0.2) is 5.11 Å². The molecular weight excluding hydrogens is 344 g/mol. The van der Waals surface area contributed by atoms with Crippen LogP contribution in [0.15, 0.2) is 36.4 Å². The summed E-state index contributed by atoms with van der Waals surface area (Å²) in [5, 5.41) is 7.59. The van der Waals surface area contributed by atoms with Gasteiger partial charge in [0.1, 0.15) is 11.5 Å². The van der Waals surface area contributed by atoms with E-state index in [0.29, 0.717) is 10.1 Å². The molecule has 2 N–H and O–H groups in total. The SMILES string of the molecule is COc1ccc(OC)c([C@@H](C)NC(=S)Nc2ccc(C)c(Cl)c2)c1. The lowest BCUT2D eigenvalue weighted by Crippen LogP contribution is -2.31. The molecule has 0 heterocycles. The highest BCUT2D eigenvalue weighted by atomic mass is 35.5. The average Bonchev–Trinajstić information content (AvgIpc) is 2.57. The van der Waals surface area contributed by atoms with E-state index in [4.69, 9.17) is 33.3 Å². The van der Waals surface area contributed by atoms with Gasteiger partial charge in [0.2, 0.25) is 0 Å². The highest BCUT2D eigenvalue weighted by Crippen LogP contribution is 2.29. The van der Waals surface area contributed by atoms with Gasteiger partial charge in [-0.15, -0.1) is 0 Å². The van der Waals surface area contributed by atoms with Crippen LogP contribution >= 0.6 is 23.8 Å². The third kappa shape index (κ3) is 4.52. The van der Waals surface area contributed by atoms with Crippen molar-refractivity contribution in [1.82, 2.24) is 5.32 Å². The highest BCUT2D eigenvalue weighted by Gasteiger charge is 2.14. The van der Waals surface area contributed by atoms with Crippen LogP contribution < -0.4 is 20.1 Å². The summed E-state index contributed by atoms with van der Waals surface area (Å²) in [6.45, 7) is 3.97. The van der Waals surface area contributed by atoms with Gasteiger partial charge in [-0.05, 0) is 62.0 Å². The Labute approximate surface area is 153 Å². The number of nitrogens with one attached hydrogen (secondary N) is 2. The van der Waals surface area contributed by atoms with E-state index in [1.165, 1.54) is 0 Å². The fourth-order valence-electron chi connectivity index (χ4n) is 2.29. The normalized spacial score (nSPS) is 11.5. The maximum Gasteiger partial charge on any atom is 0.171 e. The number of methoxy groups -OCH3 is 2. The Bertz CT molecular complexity index is 737. The molecule has 0 aliphatic carbocycles. The van der Waals surface area contributed by atoms with Crippen molar-refractivity contribution >= 4 is 34.6 Å². The fraction of sp³-hybridized carbons (Fsp3) is 0.278. The van der Waals surface area contributed by atoms with Crippen LogP contribution in [0, 0.1) is 6.92 Å². The zero-order valence-corrected chi connectivity index (χ0v) is 15.7. The second-order valence-electron chi connectivity index (χ2n) is 5.39. The molecular formula is C18H21ClN2O2S. The van der Waals surface area contributed by atoms with E-state index >= 15 is 0 Å². The summed E-state index contributed by atoms with van der Waals surface area (Å²) in [4.78, 5) is 0. The molecule has 0 radical (unpaired) electrons. The first-order chi connectivity index (χ1) is 11.4. The molecule has 24 heavy (non-hydrogen) atoms. The maximum absolute atomic E-state index is 6.14. The lowest BCUT2D eigenvalue weighted by Gasteiger charge is -2.20. The average molecular weight is 365 g/mol. The molecule has 128 valence electrons. The van der Waals surface area contributed by atoms with Gasteiger partial charge in [0.05, 0.1) is 20.3 Å². The number of benzene rings is 2. The van der Waals surface area contributed by atoms with Crippen molar-refractivity contribution in [2.45, 2.75) is 19.9 Å². The van der Waals surface area contributed by atoms with Gasteiger partial charge in [-0.2, -0.15) is 0 Å². The maximum atomic E-state index is 6.14. The number of hydrogen-bond donors (Lipinski definition) is 2. The molecule has 2 aromatic carbocycles. The van der Waals surface area contributed by atoms with Crippen molar-refractivity contribution in [3.8, 4) is 11.5 Å². The number of rotatable bonds is 5. The lowest BCUT2D eigenvalue weighted by atomic mass is 10.1. The quantitative estimate of drug-likeness (QED) is 0.752. The Hall–Kier alpha value is -1.98. The number of thiocarbonyl (C=S) groups is 1. The molecule has 0 aliphatic rings.